The maximum Gasteiger partial charge on any atom is 0.330 e. The molecule has 2 heterocycles. The van der Waals surface area contributed by atoms with Crippen molar-refractivity contribution in [3.8, 4) is 0 Å². The van der Waals surface area contributed by atoms with Crippen molar-refractivity contribution < 1.29 is 9.59 Å². The summed E-state index contributed by atoms with van der Waals surface area (Å²) < 4.78 is 1.30. The van der Waals surface area contributed by atoms with Gasteiger partial charge in [-0.1, -0.05) is 44.9 Å². The normalized spacial score (nSPS) is 15.9. The molecule has 0 saturated carbocycles. The molecule has 1 saturated heterocycles. The lowest BCUT2D eigenvalue weighted by Gasteiger charge is -2.27. The van der Waals surface area contributed by atoms with Gasteiger partial charge in [0.05, 0.1) is 5.92 Å². The number of H-pyrrole nitrogens is 1. The largest absolute Gasteiger partial charge is 0.383 e. The molecule has 0 aliphatic carbocycles. The molecule has 1 fully saturated rings. The minimum atomic E-state index is -0.705. The Morgan fingerprint density at radius 1 is 1.29 bits per heavy atom. The highest BCUT2D eigenvalue weighted by molar-refractivity contribution is 6.31. The lowest BCUT2D eigenvalue weighted by Crippen LogP contribution is -2.44. The zero-order chi connectivity index (χ0) is 25.0. The molecule has 1 aromatic heterocycles. The molecule has 2 aromatic rings. The summed E-state index contributed by atoms with van der Waals surface area (Å²) in [5.41, 5.74) is 5.57. The Balaban J connectivity index is 1.97. The molecule has 34 heavy (non-hydrogen) atoms. The molecule has 0 bridgehead atoms. The fourth-order valence-corrected chi connectivity index (χ4v) is 4.27. The molecule has 3 N–H and O–H groups in total. The van der Waals surface area contributed by atoms with E-state index in [0.29, 0.717) is 30.1 Å². The zero-order valence-corrected chi connectivity index (χ0v) is 20.6. The second-order valence-electron chi connectivity index (χ2n) is 9.06. The number of benzene rings is 1. The van der Waals surface area contributed by atoms with Crippen LogP contribution in [0.25, 0.3) is 0 Å². The first-order valence-corrected chi connectivity index (χ1v) is 12.0. The molecule has 10 heteroatoms. The zero-order valence-electron chi connectivity index (χ0n) is 19.8. The summed E-state index contributed by atoms with van der Waals surface area (Å²) in [4.78, 5) is 56.8. The highest BCUT2D eigenvalue weighted by atomic mass is 35.5. The second-order valence-corrected chi connectivity index (χ2v) is 9.49. The Hall–Kier alpha value is -3.07. The highest BCUT2D eigenvalue weighted by Crippen LogP contribution is 2.30. The van der Waals surface area contributed by atoms with E-state index in [2.05, 4.69) is 4.98 Å². The van der Waals surface area contributed by atoms with Crippen LogP contribution in [0.5, 0.6) is 0 Å². The van der Waals surface area contributed by atoms with Crippen LogP contribution >= 0.6 is 11.6 Å². The second kappa shape index (κ2) is 10.9. The molecular weight excluding hydrogens is 458 g/mol. The van der Waals surface area contributed by atoms with Crippen LogP contribution in [0.3, 0.4) is 0 Å². The van der Waals surface area contributed by atoms with Gasteiger partial charge in [0.1, 0.15) is 5.82 Å². The van der Waals surface area contributed by atoms with E-state index in [1.54, 1.807) is 24.3 Å². The van der Waals surface area contributed by atoms with Crippen LogP contribution in [0.4, 0.5) is 17.2 Å². The molecule has 1 unspecified atom stereocenters. The van der Waals surface area contributed by atoms with Gasteiger partial charge in [0, 0.05) is 36.8 Å². The fraction of sp³-hybridized carbons (Fsp3) is 0.500. The van der Waals surface area contributed by atoms with Crippen LogP contribution in [0.15, 0.2) is 33.9 Å². The van der Waals surface area contributed by atoms with Gasteiger partial charge in [0.25, 0.3) is 5.56 Å². The van der Waals surface area contributed by atoms with Crippen molar-refractivity contribution in [1.82, 2.24) is 9.55 Å². The average molecular weight is 490 g/mol. The van der Waals surface area contributed by atoms with Crippen molar-refractivity contribution in [2.24, 2.45) is 11.8 Å². The van der Waals surface area contributed by atoms with Crippen LogP contribution in [0.1, 0.15) is 46.5 Å². The Bertz CT molecular complexity index is 1170. The number of aromatic nitrogens is 2. The Morgan fingerprint density at radius 2 is 2.03 bits per heavy atom. The molecule has 1 aromatic carbocycles. The van der Waals surface area contributed by atoms with Crippen LogP contribution < -0.4 is 26.8 Å². The van der Waals surface area contributed by atoms with E-state index in [1.165, 1.54) is 14.4 Å². The quantitative estimate of drug-likeness (QED) is 0.560. The smallest absolute Gasteiger partial charge is 0.330 e. The van der Waals surface area contributed by atoms with Crippen molar-refractivity contribution in [2.75, 3.05) is 28.6 Å². The number of carbonyl (C=O) groups excluding carboxylic acids is 2. The molecule has 0 radical (unpaired) electrons. The van der Waals surface area contributed by atoms with Gasteiger partial charge in [0.15, 0.2) is 5.69 Å². The van der Waals surface area contributed by atoms with Gasteiger partial charge in [-0.3, -0.25) is 23.9 Å². The SMILES string of the molecule is CCCCn1c(N)c(N(CCC(C)C)C(=O)C2CC(=O)N(c3cccc(Cl)c3)C2)c(=O)[nH]c1=O. The first-order valence-electron chi connectivity index (χ1n) is 11.6. The monoisotopic (exact) mass is 489 g/mol. The number of nitrogens with two attached hydrogens (primary N) is 1. The van der Waals surface area contributed by atoms with Gasteiger partial charge in [-0.15, -0.1) is 0 Å². The van der Waals surface area contributed by atoms with Crippen LogP contribution in [0.2, 0.25) is 5.02 Å². The summed E-state index contributed by atoms with van der Waals surface area (Å²) in [6.45, 7) is 6.76. The third-order valence-electron chi connectivity index (χ3n) is 6.01. The van der Waals surface area contributed by atoms with Crippen LogP contribution in [-0.4, -0.2) is 34.5 Å². The number of carbonyl (C=O) groups is 2. The van der Waals surface area contributed by atoms with Gasteiger partial charge in [-0.05, 0) is 37.0 Å². The van der Waals surface area contributed by atoms with Crippen molar-refractivity contribution in [3.63, 3.8) is 0 Å². The first kappa shape index (κ1) is 25.6. The van der Waals surface area contributed by atoms with Crippen LogP contribution in [-0.2, 0) is 16.1 Å². The maximum atomic E-state index is 13.7. The molecule has 1 aliphatic rings. The Kier molecular flexibility index (Phi) is 8.19. The molecule has 0 spiro atoms. The van der Waals surface area contributed by atoms with Crippen molar-refractivity contribution in [3.05, 3.63) is 50.1 Å². The van der Waals surface area contributed by atoms with E-state index < -0.39 is 17.2 Å². The molecule has 184 valence electrons. The number of hydrogen-bond acceptors (Lipinski definition) is 5. The fourth-order valence-electron chi connectivity index (χ4n) is 4.08. The van der Waals surface area contributed by atoms with E-state index in [9.17, 15) is 19.2 Å². The summed E-state index contributed by atoms with van der Waals surface area (Å²) in [7, 11) is 0. The minimum Gasteiger partial charge on any atom is -0.383 e. The summed E-state index contributed by atoms with van der Waals surface area (Å²) in [6, 6.07) is 6.90. The van der Waals surface area contributed by atoms with Gasteiger partial charge in [-0.25, -0.2) is 4.79 Å². The lowest BCUT2D eigenvalue weighted by molar-refractivity contribution is -0.124. The van der Waals surface area contributed by atoms with Gasteiger partial charge < -0.3 is 15.5 Å². The van der Waals surface area contributed by atoms with E-state index in [0.717, 1.165) is 6.42 Å². The highest BCUT2D eigenvalue weighted by Gasteiger charge is 2.39. The number of nitrogen functional groups attached to an aromatic ring is 1. The Labute approximate surface area is 203 Å². The first-order chi connectivity index (χ1) is 16.1. The van der Waals surface area contributed by atoms with E-state index in [4.69, 9.17) is 17.3 Å². The predicted octanol–water partition coefficient (Wildman–Crippen LogP) is 3.00. The number of halogens is 1. The van der Waals surface area contributed by atoms with E-state index in [-0.39, 0.29) is 48.7 Å². The number of anilines is 3. The molecule has 1 atom stereocenters. The molecule has 1 aliphatic heterocycles. The number of aromatic amines is 1. The van der Waals surface area contributed by atoms with Crippen molar-refractivity contribution >= 4 is 40.6 Å². The van der Waals surface area contributed by atoms with Gasteiger partial charge in [-0.2, -0.15) is 0 Å². The molecular formula is C24H32ClN5O4. The summed E-state index contributed by atoms with van der Waals surface area (Å²) in [6.07, 6.45) is 2.16. The summed E-state index contributed by atoms with van der Waals surface area (Å²) in [5, 5.41) is 0.493. The number of nitrogens with zero attached hydrogens (tertiary/aromatic N) is 3. The lowest BCUT2D eigenvalue weighted by atomic mass is 10.0. The van der Waals surface area contributed by atoms with E-state index in [1.807, 2.05) is 20.8 Å². The van der Waals surface area contributed by atoms with Crippen LogP contribution in [0, 0.1) is 11.8 Å². The number of unbranched alkanes of at least 4 members (excludes halogenated alkanes) is 1. The third-order valence-corrected chi connectivity index (χ3v) is 6.24. The standard InChI is InChI=1S/C24H32ClN5O4/c1-4-5-10-29-21(26)20(22(32)27-24(29)34)28(11-9-15(2)3)23(33)16-12-19(31)30(14-16)18-8-6-7-17(25)13-18/h6-8,13,15-16H,4-5,9-12,14,26H2,1-3H3,(H,27,32,34). The molecule has 2 amide bonds. The minimum absolute atomic E-state index is 0.0107. The van der Waals surface area contributed by atoms with Gasteiger partial charge in [0.2, 0.25) is 11.8 Å². The average Bonchev–Trinajstić information content (AvgIpc) is 3.16. The Morgan fingerprint density at radius 3 is 2.68 bits per heavy atom. The third kappa shape index (κ3) is 5.52. The van der Waals surface area contributed by atoms with Gasteiger partial charge >= 0.3 is 5.69 Å². The molecule has 3 rings (SSSR count). The maximum absolute atomic E-state index is 13.7. The summed E-state index contributed by atoms with van der Waals surface area (Å²) in [5.74, 6) is -0.991. The molecule has 9 nitrogen and oxygen atoms in total. The topological polar surface area (TPSA) is 121 Å². The van der Waals surface area contributed by atoms with Crippen molar-refractivity contribution in [2.45, 2.75) is 53.0 Å². The number of hydrogen-bond donors (Lipinski definition) is 2. The number of nitrogens with one attached hydrogen (secondary N) is 1. The van der Waals surface area contributed by atoms with Crippen molar-refractivity contribution in [1.29, 1.82) is 0 Å². The van der Waals surface area contributed by atoms with E-state index >= 15 is 0 Å². The number of rotatable bonds is 9. The predicted molar refractivity (Wildman–Crippen MR) is 134 cm³/mol. The number of amides is 2. The summed E-state index contributed by atoms with van der Waals surface area (Å²) >= 11 is 6.08.